The van der Waals surface area contributed by atoms with Crippen LogP contribution in [0.1, 0.15) is 70.8 Å². The number of hydrogen-bond acceptors (Lipinski definition) is 2. The molecule has 170 valence electrons. The molecule has 0 radical (unpaired) electrons. The molecule has 2 N–H and O–H groups in total. The average Bonchev–Trinajstić information content (AvgIpc) is 2.75. The lowest BCUT2D eigenvalue weighted by Gasteiger charge is -2.66. The van der Waals surface area contributed by atoms with Crippen LogP contribution in [0.5, 0.6) is 0 Å². The summed E-state index contributed by atoms with van der Waals surface area (Å²) in [5, 5.41) is 0. The molecule has 1 heterocycles. The van der Waals surface area contributed by atoms with Crippen molar-refractivity contribution in [2.24, 2.45) is 34.3 Å². The molecular formula is C27H39ClN2S. The number of piperidine rings is 1. The molecule has 1 aliphatic heterocycles. The zero-order valence-corrected chi connectivity index (χ0v) is 20.9. The summed E-state index contributed by atoms with van der Waals surface area (Å²) in [7, 11) is 0. The fourth-order valence-electron chi connectivity index (χ4n) is 8.29. The molecule has 1 aromatic rings. The van der Waals surface area contributed by atoms with Gasteiger partial charge in [-0.2, -0.15) is 0 Å². The Hall–Kier alpha value is -0.640. The molecule has 4 saturated carbocycles. The van der Waals surface area contributed by atoms with Crippen LogP contribution < -0.4 is 5.73 Å². The summed E-state index contributed by atoms with van der Waals surface area (Å²) in [6.07, 6.45) is 10.1. The molecule has 4 heteroatoms. The van der Waals surface area contributed by atoms with Crippen LogP contribution in [0.3, 0.4) is 0 Å². The molecule has 2 unspecified atom stereocenters. The minimum absolute atomic E-state index is 0.130. The number of alkyl halides is 1. The first-order chi connectivity index (χ1) is 14.8. The Bertz CT molecular complexity index is 806. The molecule has 0 aromatic heterocycles. The highest BCUT2D eigenvalue weighted by atomic mass is 35.5. The number of likely N-dealkylation sites (tertiary alicyclic amines) is 1. The normalized spacial score (nSPS) is 40.8. The Morgan fingerprint density at radius 2 is 1.81 bits per heavy atom. The highest BCUT2D eigenvalue weighted by molar-refractivity contribution is 7.80. The summed E-state index contributed by atoms with van der Waals surface area (Å²) in [6.45, 7) is 6.69. The number of thiocarbonyl (C=S) groups is 1. The molecule has 0 amide bonds. The second kappa shape index (κ2) is 7.99. The predicted octanol–water partition coefficient (Wildman–Crippen LogP) is 6.16. The van der Waals surface area contributed by atoms with E-state index < -0.39 is 0 Å². The van der Waals surface area contributed by atoms with Crippen molar-refractivity contribution in [2.75, 3.05) is 19.0 Å². The van der Waals surface area contributed by atoms with Gasteiger partial charge in [0.1, 0.15) is 0 Å². The zero-order valence-electron chi connectivity index (χ0n) is 19.3. The SMILES string of the molecule is CC1(C)CN(C(=S)C23CC4CC(c5ccccc5)(CC(C2)C4CCCCl)C3)CC[C@@H]1N. The van der Waals surface area contributed by atoms with Crippen molar-refractivity contribution in [1.29, 1.82) is 0 Å². The van der Waals surface area contributed by atoms with Crippen molar-refractivity contribution in [3.05, 3.63) is 35.9 Å². The lowest BCUT2D eigenvalue weighted by Crippen LogP contribution is -2.63. The maximum absolute atomic E-state index is 6.46. The fourth-order valence-corrected chi connectivity index (χ4v) is 8.84. The Labute approximate surface area is 199 Å². The van der Waals surface area contributed by atoms with E-state index in [1.165, 1.54) is 43.5 Å². The van der Waals surface area contributed by atoms with E-state index in [1.54, 1.807) is 5.56 Å². The summed E-state index contributed by atoms with van der Waals surface area (Å²) in [5.74, 6) is 3.23. The van der Waals surface area contributed by atoms with Gasteiger partial charge in [0.05, 0.1) is 4.99 Å². The number of nitrogens with zero attached hydrogens (tertiary/aromatic N) is 1. The van der Waals surface area contributed by atoms with Crippen LogP contribution in [0.2, 0.25) is 0 Å². The van der Waals surface area contributed by atoms with Gasteiger partial charge in [0.25, 0.3) is 0 Å². The van der Waals surface area contributed by atoms with Crippen molar-refractivity contribution in [3.63, 3.8) is 0 Å². The van der Waals surface area contributed by atoms with E-state index in [0.29, 0.717) is 5.41 Å². The number of halogens is 1. The third-order valence-electron chi connectivity index (χ3n) is 9.61. The van der Waals surface area contributed by atoms with Crippen molar-refractivity contribution in [3.8, 4) is 0 Å². The summed E-state index contributed by atoms with van der Waals surface area (Å²) in [5.41, 5.74) is 8.67. The molecule has 0 spiro atoms. The first-order valence-corrected chi connectivity index (χ1v) is 13.4. The molecule has 4 aliphatic carbocycles. The number of benzene rings is 1. The van der Waals surface area contributed by atoms with E-state index >= 15 is 0 Å². The lowest BCUT2D eigenvalue weighted by atomic mass is 9.39. The van der Waals surface area contributed by atoms with Gasteiger partial charge in [0.2, 0.25) is 0 Å². The van der Waals surface area contributed by atoms with Crippen LogP contribution in [-0.4, -0.2) is 34.9 Å². The first-order valence-electron chi connectivity index (χ1n) is 12.5. The van der Waals surface area contributed by atoms with Gasteiger partial charge in [-0.15, -0.1) is 11.6 Å². The monoisotopic (exact) mass is 458 g/mol. The predicted molar refractivity (Wildman–Crippen MR) is 135 cm³/mol. The van der Waals surface area contributed by atoms with Gasteiger partial charge < -0.3 is 10.6 Å². The van der Waals surface area contributed by atoms with E-state index in [0.717, 1.165) is 49.6 Å². The third kappa shape index (κ3) is 3.67. The Morgan fingerprint density at radius 3 is 2.42 bits per heavy atom. The smallest absolute Gasteiger partial charge is 0.0842 e. The fraction of sp³-hybridized carbons (Fsp3) is 0.741. The molecular weight excluding hydrogens is 420 g/mol. The Morgan fingerprint density at radius 1 is 1.13 bits per heavy atom. The van der Waals surface area contributed by atoms with Crippen LogP contribution in [0.4, 0.5) is 0 Å². The van der Waals surface area contributed by atoms with E-state index in [9.17, 15) is 0 Å². The largest absolute Gasteiger partial charge is 0.365 e. The molecule has 6 rings (SSSR count). The molecule has 5 aliphatic rings. The zero-order chi connectivity index (χ0) is 21.9. The van der Waals surface area contributed by atoms with Crippen molar-refractivity contribution >= 4 is 28.8 Å². The first kappa shape index (κ1) is 22.2. The van der Waals surface area contributed by atoms with Crippen LogP contribution in [0.15, 0.2) is 30.3 Å². The highest BCUT2D eigenvalue weighted by Gasteiger charge is 2.63. The molecule has 1 saturated heterocycles. The van der Waals surface area contributed by atoms with Gasteiger partial charge in [0, 0.05) is 30.4 Å². The molecule has 31 heavy (non-hydrogen) atoms. The second-order valence-electron chi connectivity index (χ2n) is 12.0. The van der Waals surface area contributed by atoms with Crippen LogP contribution in [0.25, 0.3) is 0 Å². The molecule has 2 nitrogen and oxygen atoms in total. The Balaban J connectivity index is 1.47. The van der Waals surface area contributed by atoms with E-state index in [-0.39, 0.29) is 16.9 Å². The van der Waals surface area contributed by atoms with Crippen molar-refractivity contribution in [2.45, 2.75) is 76.7 Å². The lowest BCUT2D eigenvalue weighted by molar-refractivity contribution is -0.0873. The minimum atomic E-state index is 0.130. The molecule has 5 fully saturated rings. The van der Waals surface area contributed by atoms with Gasteiger partial charge in [-0.3, -0.25) is 0 Å². The molecule has 4 bridgehead atoms. The number of nitrogens with two attached hydrogens (primary N) is 1. The third-order valence-corrected chi connectivity index (χ3v) is 10.6. The maximum Gasteiger partial charge on any atom is 0.0842 e. The van der Waals surface area contributed by atoms with Gasteiger partial charge in [0.15, 0.2) is 0 Å². The topological polar surface area (TPSA) is 29.3 Å². The summed E-state index contributed by atoms with van der Waals surface area (Å²) < 4.78 is 0. The highest BCUT2D eigenvalue weighted by Crippen LogP contribution is 2.68. The van der Waals surface area contributed by atoms with Crippen molar-refractivity contribution < 1.29 is 0 Å². The van der Waals surface area contributed by atoms with Gasteiger partial charge in [-0.05, 0) is 85.5 Å². The van der Waals surface area contributed by atoms with E-state index in [2.05, 4.69) is 49.1 Å². The van der Waals surface area contributed by atoms with Gasteiger partial charge in [-0.25, -0.2) is 0 Å². The van der Waals surface area contributed by atoms with E-state index in [1.807, 2.05) is 0 Å². The Kier molecular flexibility index (Phi) is 5.71. The average molecular weight is 459 g/mol. The molecule has 1 aromatic carbocycles. The van der Waals surface area contributed by atoms with Gasteiger partial charge in [-0.1, -0.05) is 56.4 Å². The second-order valence-corrected chi connectivity index (χ2v) is 12.8. The minimum Gasteiger partial charge on any atom is -0.365 e. The molecule has 3 atom stereocenters. The van der Waals surface area contributed by atoms with Crippen LogP contribution >= 0.6 is 23.8 Å². The summed E-state index contributed by atoms with van der Waals surface area (Å²) >= 11 is 12.5. The number of rotatable bonds is 5. The van der Waals surface area contributed by atoms with Gasteiger partial charge >= 0.3 is 0 Å². The summed E-state index contributed by atoms with van der Waals surface area (Å²) in [6, 6.07) is 11.7. The van der Waals surface area contributed by atoms with Crippen molar-refractivity contribution in [1.82, 2.24) is 4.90 Å². The maximum atomic E-state index is 6.46. The van der Waals surface area contributed by atoms with E-state index in [4.69, 9.17) is 29.6 Å². The standard InChI is InChI=1S/C27H39ClN2S/c1-25(2)18-30(12-10-23(25)29)24(31)27-15-19-13-26(17-27,21-7-4-3-5-8-21)14-20(16-27)22(19)9-6-11-28/h3-5,7-8,19-20,22-23H,6,9-18,29H2,1-2H3/t19?,20?,22?,23-,26?,27?/m0/s1. The number of hydrogen-bond donors (Lipinski definition) is 1. The van der Waals surface area contributed by atoms with Crippen LogP contribution in [0, 0.1) is 28.6 Å². The summed E-state index contributed by atoms with van der Waals surface area (Å²) in [4.78, 5) is 3.84. The quantitative estimate of drug-likeness (QED) is 0.423. The van der Waals surface area contributed by atoms with Crippen LogP contribution in [-0.2, 0) is 5.41 Å².